The molecule has 120 valence electrons. The van der Waals surface area contributed by atoms with E-state index in [0.29, 0.717) is 35.9 Å². The molecule has 2 rings (SSSR count). The second-order valence-corrected chi connectivity index (χ2v) is 5.44. The zero-order valence-corrected chi connectivity index (χ0v) is 13.9. The topological polar surface area (TPSA) is 53.7 Å². The molecule has 0 aliphatic heterocycles. The van der Waals surface area contributed by atoms with Gasteiger partial charge in [0.15, 0.2) is 5.43 Å². The Morgan fingerprint density at radius 3 is 2.27 bits per heavy atom. The van der Waals surface area contributed by atoms with E-state index < -0.39 is 0 Å². The minimum absolute atomic E-state index is 0.0291. The number of fused-ring (bicyclic) bond motifs is 1. The smallest absolute Gasteiger partial charge is 0.196 e. The van der Waals surface area contributed by atoms with E-state index in [-0.39, 0.29) is 11.2 Å². The number of nitrogens with zero attached hydrogens (tertiary/aromatic N) is 1. The Hall–Kier alpha value is -1.81. The number of phenolic OH excluding ortho intramolecular Hbond substituents is 1. The van der Waals surface area contributed by atoms with Gasteiger partial charge in [-0.2, -0.15) is 0 Å². The fourth-order valence-corrected chi connectivity index (χ4v) is 2.85. The standard InChI is InChI=1S/C18H25NO3/c1-5-12-16(6-2)22-18-13(17(12)21)9-10-15(20)14(18)11-19(7-3)8-4/h9-10,20H,5-8,11H2,1-4H3. The van der Waals surface area contributed by atoms with Crippen LogP contribution in [0.15, 0.2) is 21.3 Å². The van der Waals surface area contributed by atoms with Gasteiger partial charge in [-0.25, -0.2) is 0 Å². The monoisotopic (exact) mass is 303 g/mol. The van der Waals surface area contributed by atoms with Crippen LogP contribution in [0.4, 0.5) is 0 Å². The number of aromatic hydroxyl groups is 1. The molecule has 0 unspecified atom stereocenters. The largest absolute Gasteiger partial charge is 0.507 e. The van der Waals surface area contributed by atoms with Crippen molar-refractivity contribution in [2.45, 2.75) is 47.1 Å². The predicted molar refractivity (Wildman–Crippen MR) is 89.5 cm³/mol. The zero-order valence-electron chi connectivity index (χ0n) is 13.9. The van der Waals surface area contributed by atoms with Crippen LogP contribution in [0.1, 0.15) is 44.6 Å². The van der Waals surface area contributed by atoms with Crippen molar-refractivity contribution in [3.63, 3.8) is 0 Å². The van der Waals surface area contributed by atoms with E-state index in [4.69, 9.17) is 4.42 Å². The van der Waals surface area contributed by atoms with E-state index in [9.17, 15) is 9.90 Å². The molecule has 1 aromatic carbocycles. The van der Waals surface area contributed by atoms with Crippen molar-refractivity contribution in [3.8, 4) is 5.75 Å². The molecule has 22 heavy (non-hydrogen) atoms. The Kier molecular flexibility index (Phi) is 5.24. The van der Waals surface area contributed by atoms with Gasteiger partial charge in [0.05, 0.1) is 10.9 Å². The average Bonchev–Trinajstić information content (AvgIpc) is 2.53. The van der Waals surface area contributed by atoms with Gasteiger partial charge < -0.3 is 9.52 Å². The van der Waals surface area contributed by atoms with Crippen LogP contribution in [0.3, 0.4) is 0 Å². The number of rotatable bonds is 6. The average molecular weight is 303 g/mol. The summed E-state index contributed by atoms with van der Waals surface area (Å²) in [5, 5.41) is 10.8. The van der Waals surface area contributed by atoms with Crippen LogP contribution >= 0.6 is 0 Å². The fourth-order valence-electron chi connectivity index (χ4n) is 2.85. The van der Waals surface area contributed by atoms with Crippen molar-refractivity contribution < 1.29 is 9.52 Å². The maximum absolute atomic E-state index is 12.7. The number of hydrogen-bond acceptors (Lipinski definition) is 4. The Bertz CT molecular complexity index is 714. The van der Waals surface area contributed by atoms with Crippen LogP contribution in [0, 0.1) is 0 Å². The molecule has 2 aromatic rings. The van der Waals surface area contributed by atoms with Gasteiger partial charge in [-0.15, -0.1) is 0 Å². The maximum atomic E-state index is 12.7. The molecule has 0 spiro atoms. The summed E-state index contributed by atoms with van der Waals surface area (Å²) in [5.41, 5.74) is 2.01. The molecule has 0 saturated heterocycles. The highest BCUT2D eigenvalue weighted by Crippen LogP contribution is 2.29. The third-order valence-electron chi connectivity index (χ3n) is 4.27. The number of benzene rings is 1. The second kappa shape index (κ2) is 6.97. The van der Waals surface area contributed by atoms with Crippen molar-refractivity contribution in [2.24, 2.45) is 0 Å². The molecule has 4 nitrogen and oxygen atoms in total. The molecule has 1 heterocycles. The Labute approximate surface area is 131 Å². The number of hydrogen-bond donors (Lipinski definition) is 1. The molecule has 1 aromatic heterocycles. The molecule has 0 saturated carbocycles. The van der Waals surface area contributed by atoms with Crippen LogP contribution in [0.25, 0.3) is 11.0 Å². The normalized spacial score (nSPS) is 11.5. The van der Waals surface area contributed by atoms with Gasteiger partial charge in [0.25, 0.3) is 0 Å². The van der Waals surface area contributed by atoms with Crippen LogP contribution in [0.5, 0.6) is 5.75 Å². The van der Waals surface area contributed by atoms with Crippen LogP contribution < -0.4 is 5.43 Å². The van der Waals surface area contributed by atoms with Gasteiger partial charge in [-0.3, -0.25) is 9.69 Å². The summed E-state index contributed by atoms with van der Waals surface area (Å²) in [5.74, 6) is 0.917. The summed E-state index contributed by atoms with van der Waals surface area (Å²) < 4.78 is 6.03. The zero-order chi connectivity index (χ0) is 16.3. The van der Waals surface area contributed by atoms with Crippen molar-refractivity contribution in [2.75, 3.05) is 13.1 Å². The van der Waals surface area contributed by atoms with Crippen LogP contribution in [-0.4, -0.2) is 23.1 Å². The van der Waals surface area contributed by atoms with Gasteiger partial charge in [0, 0.05) is 18.5 Å². The highest BCUT2D eigenvalue weighted by Gasteiger charge is 2.18. The van der Waals surface area contributed by atoms with Gasteiger partial charge in [0.1, 0.15) is 17.1 Å². The molecule has 1 N–H and O–H groups in total. The SMILES string of the molecule is CCc1oc2c(CN(CC)CC)c(O)ccc2c(=O)c1CC. The highest BCUT2D eigenvalue weighted by atomic mass is 16.3. The van der Waals surface area contributed by atoms with Gasteiger partial charge in [-0.05, 0) is 31.6 Å². The van der Waals surface area contributed by atoms with E-state index in [1.165, 1.54) is 0 Å². The quantitative estimate of drug-likeness (QED) is 0.888. The van der Waals surface area contributed by atoms with E-state index in [2.05, 4.69) is 18.7 Å². The first-order valence-electron chi connectivity index (χ1n) is 8.08. The van der Waals surface area contributed by atoms with Gasteiger partial charge >= 0.3 is 0 Å². The Morgan fingerprint density at radius 1 is 1.05 bits per heavy atom. The Morgan fingerprint density at radius 2 is 1.73 bits per heavy atom. The molecule has 0 aliphatic rings. The summed E-state index contributed by atoms with van der Waals surface area (Å²) >= 11 is 0. The van der Waals surface area contributed by atoms with E-state index >= 15 is 0 Å². The number of aryl methyl sites for hydroxylation is 1. The Balaban J connectivity index is 2.73. The molecule has 4 heteroatoms. The minimum Gasteiger partial charge on any atom is -0.507 e. The summed E-state index contributed by atoms with van der Waals surface area (Å²) in [6.45, 7) is 10.4. The van der Waals surface area contributed by atoms with Gasteiger partial charge in [0.2, 0.25) is 0 Å². The van der Waals surface area contributed by atoms with Crippen LogP contribution in [-0.2, 0) is 19.4 Å². The summed E-state index contributed by atoms with van der Waals surface area (Å²) in [7, 11) is 0. The third kappa shape index (κ3) is 2.88. The molecular weight excluding hydrogens is 278 g/mol. The first-order chi connectivity index (χ1) is 10.6. The van der Waals surface area contributed by atoms with E-state index in [1.54, 1.807) is 12.1 Å². The lowest BCUT2D eigenvalue weighted by molar-refractivity contribution is 0.290. The highest BCUT2D eigenvalue weighted by molar-refractivity contribution is 5.82. The van der Waals surface area contributed by atoms with Crippen molar-refractivity contribution in [1.29, 1.82) is 0 Å². The summed E-state index contributed by atoms with van der Waals surface area (Å²) in [4.78, 5) is 14.9. The summed E-state index contributed by atoms with van der Waals surface area (Å²) in [6, 6.07) is 3.27. The van der Waals surface area contributed by atoms with Crippen molar-refractivity contribution >= 4 is 11.0 Å². The predicted octanol–water partition coefficient (Wildman–Crippen LogP) is 3.47. The minimum atomic E-state index is 0.0291. The van der Waals surface area contributed by atoms with Crippen LogP contribution in [0.2, 0.25) is 0 Å². The third-order valence-corrected chi connectivity index (χ3v) is 4.27. The molecule has 0 bridgehead atoms. The molecule has 0 aliphatic carbocycles. The lowest BCUT2D eigenvalue weighted by Gasteiger charge is -2.20. The molecule has 0 atom stereocenters. The van der Waals surface area contributed by atoms with E-state index in [0.717, 1.165) is 24.4 Å². The molecule has 0 amide bonds. The number of phenols is 1. The maximum Gasteiger partial charge on any atom is 0.196 e. The molecular formula is C18H25NO3. The van der Waals surface area contributed by atoms with E-state index in [1.807, 2.05) is 13.8 Å². The van der Waals surface area contributed by atoms with Crippen molar-refractivity contribution in [1.82, 2.24) is 4.90 Å². The summed E-state index contributed by atoms with van der Waals surface area (Å²) in [6.07, 6.45) is 1.34. The molecule has 0 fully saturated rings. The van der Waals surface area contributed by atoms with Crippen molar-refractivity contribution in [3.05, 3.63) is 39.2 Å². The lowest BCUT2D eigenvalue weighted by atomic mass is 10.0. The molecule has 0 radical (unpaired) electrons. The first-order valence-corrected chi connectivity index (χ1v) is 8.08. The second-order valence-electron chi connectivity index (χ2n) is 5.44. The fraction of sp³-hybridized carbons (Fsp3) is 0.500. The van der Waals surface area contributed by atoms with Gasteiger partial charge in [-0.1, -0.05) is 27.7 Å². The first kappa shape index (κ1) is 16.6. The lowest BCUT2D eigenvalue weighted by Crippen LogP contribution is -2.22.